The molecule has 1 N–H and O–H groups in total. The number of hydrogen-bond donors (Lipinski definition) is 1. The Kier molecular flexibility index (Phi) is 6.69. The minimum absolute atomic E-state index is 0.0734. The van der Waals surface area contributed by atoms with Crippen molar-refractivity contribution < 1.29 is 27.0 Å². The number of para-hydroxylation sites is 1. The average molecular weight is 606 g/mol. The summed E-state index contributed by atoms with van der Waals surface area (Å²) in [6.07, 6.45) is 1.17. The van der Waals surface area contributed by atoms with Crippen LogP contribution < -0.4 is 14.4 Å². The van der Waals surface area contributed by atoms with E-state index in [1.54, 1.807) is 54.6 Å². The lowest BCUT2D eigenvalue weighted by atomic mass is 10.1. The highest BCUT2D eigenvalue weighted by atomic mass is 79.9. The van der Waals surface area contributed by atoms with Crippen molar-refractivity contribution in [2.75, 3.05) is 4.90 Å². The molecule has 0 atom stereocenters. The minimum Gasteiger partial charge on any atom is -0.377 e. The zero-order valence-corrected chi connectivity index (χ0v) is 21.1. The van der Waals surface area contributed by atoms with Gasteiger partial charge in [0.1, 0.15) is 10.5 Å². The van der Waals surface area contributed by atoms with Gasteiger partial charge in [-0.05, 0) is 58.4 Å². The van der Waals surface area contributed by atoms with Gasteiger partial charge in [0, 0.05) is 10.0 Å². The minimum atomic E-state index is -4.23. The highest BCUT2D eigenvalue weighted by Crippen LogP contribution is 2.37. The van der Waals surface area contributed by atoms with Crippen LogP contribution in [0.3, 0.4) is 0 Å². The Morgan fingerprint density at radius 2 is 1.50 bits per heavy atom. The highest BCUT2D eigenvalue weighted by molar-refractivity contribution is 9.11. The maximum absolute atomic E-state index is 13.1. The van der Waals surface area contributed by atoms with Crippen molar-refractivity contribution in [2.45, 2.75) is 4.90 Å². The van der Waals surface area contributed by atoms with E-state index in [9.17, 15) is 22.8 Å². The number of anilines is 1. The molecule has 1 heterocycles. The first-order valence-electron chi connectivity index (χ1n) is 9.62. The van der Waals surface area contributed by atoms with Crippen LogP contribution in [0, 0.1) is 0 Å². The largest absolute Gasteiger partial charge is 0.377 e. The molecule has 11 heteroatoms. The molecule has 34 heavy (non-hydrogen) atoms. The second-order valence-electron chi connectivity index (χ2n) is 6.95. The van der Waals surface area contributed by atoms with Crippen LogP contribution in [0.1, 0.15) is 5.56 Å². The van der Waals surface area contributed by atoms with Gasteiger partial charge in [0.25, 0.3) is 11.8 Å². The molecular weight excluding hydrogens is 592 g/mol. The van der Waals surface area contributed by atoms with E-state index in [1.807, 2.05) is 0 Å². The number of hydrogen-bond acceptors (Lipinski definition) is 6. The molecule has 1 saturated heterocycles. The molecule has 0 spiro atoms. The Balaban J connectivity index is 1.80. The van der Waals surface area contributed by atoms with Crippen molar-refractivity contribution in [3.05, 3.63) is 92.9 Å². The molecule has 3 aromatic carbocycles. The molecule has 4 amide bonds. The molecule has 1 aliphatic rings. The maximum atomic E-state index is 13.1. The van der Waals surface area contributed by atoms with E-state index in [0.717, 1.165) is 4.90 Å². The maximum Gasteiger partial charge on any atom is 0.339 e. The van der Waals surface area contributed by atoms with Gasteiger partial charge in [-0.1, -0.05) is 52.3 Å². The Hall–Kier alpha value is -3.28. The van der Waals surface area contributed by atoms with Gasteiger partial charge >= 0.3 is 16.1 Å². The Morgan fingerprint density at radius 3 is 2.15 bits per heavy atom. The predicted octanol–water partition coefficient (Wildman–Crippen LogP) is 4.65. The summed E-state index contributed by atoms with van der Waals surface area (Å²) in [4.78, 5) is 38.8. The van der Waals surface area contributed by atoms with Gasteiger partial charge in [-0.25, -0.2) is 9.69 Å². The summed E-state index contributed by atoms with van der Waals surface area (Å²) in [5.74, 6) is -1.92. The first-order chi connectivity index (χ1) is 16.2. The molecular formula is C23H14Br2N2O6S. The Morgan fingerprint density at radius 1 is 0.882 bits per heavy atom. The summed E-state index contributed by atoms with van der Waals surface area (Å²) < 4.78 is 31.8. The molecule has 3 aromatic rings. The van der Waals surface area contributed by atoms with E-state index in [2.05, 4.69) is 37.2 Å². The molecule has 0 radical (unpaired) electrons. The van der Waals surface area contributed by atoms with Gasteiger partial charge in [-0.2, -0.15) is 8.42 Å². The summed E-state index contributed by atoms with van der Waals surface area (Å²) >= 11 is 6.59. The van der Waals surface area contributed by atoms with Crippen molar-refractivity contribution in [3.63, 3.8) is 0 Å². The molecule has 0 bridgehead atoms. The van der Waals surface area contributed by atoms with E-state index in [-0.39, 0.29) is 31.9 Å². The van der Waals surface area contributed by atoms with E-state index in [4.69, 9.17) is 4.18 Å². The number of barbiturate groups is 1. The van der Waals surface area contributed by atoms with Crippen LogP contribution in [-0.2, 0) is 19.7 Å². The van der Waals surface area contributed by atoms with E-state index < -0.39 is 28.0 Å². The van der Waals surface area contributed by atoms with E-state index >= 15 is 0 Å². The lowest BCUT2D eigenvalue weighted by Crippen LogP contribution is -2.54. The second kappa shape index (κ2) is 9.53. The fourth-order valence-electron chi connectivity index (χ4n) is 3.14. The van der Waals surface area contributed by atoms with E-state index in [0.29, 0.717) is 4.47 Å². The third kappa shape index (κ3) is 4.81. The number of halogens is 2. The Bertz CT molecular complexity index is 1440. The molecule has 1 aliphatic heterocycles. The van der Waals surface area contributed by atoms with Crippen LogP contribution in [0.25, 0.3) is 6.08 Å². The van der Waals surface area contributed by atoms with Crippen LogP contribution >= 0.6 is 31.9 Å². The summed E-state index contributed by atoms with van der Waals surface area (Å²) in [5, 5.41) is 2.13. The molecule has 0 aliphatic carbocycles. The van der Waals surface area contributed by atoms with Gasteiger partial charge in [0.05, 0.1) is 10.2 Å². The molecule has 8 nitrogen and oxygen atoms in total. The molecule has 1 fully saturated rings. The topological polar surface area (TPSA) is 110 Å². The standard InChI is InChI=1S/C23H14Br2N2O6S/c24-15-11-14(20(19(25)13-15)33-34(31,32)17-9-5-2-6-10-17)12-18-21(28)26-23(30)27(22(18)29)16-7-3-1-4-8-16/h1-13H,(H,26,28,30)/b18-12+. The van der Waals surface area contributed by atoms with Gasteiger partial charge in [-0.15, -0.1) is 0 Å². The lowest BCUT2D eigenvalue weighted by molar-refractivity contribution is -0.122. The van der Waals surface area contributed by atoms with Crippen molar-refractivity contribution in [2.24, 2.45) is 0 Å². The van der Waals surface area contributed by atoms with Crippen LogP contribution in [0.5, 0.6) is 5.75 Å². The van der Waals surface area contributed by atoms with Crippen LogP contribution in [0.15, 0.2) is 92.2 Å². The van der Waals surface area contributed by atoms with E-state index in [1.165, 1.54) is 24.3 Å². The summed E-state index contributed by atoms with van der Waals surface area (Å²) in [6, 6.07) is 17.8. The zero-order valence-electron chi connectivity index (χ0n) is 17.1. The van der Waals surface area contributed by atoms with Crippen LogP contribution in [0.2, 0.25) is 0 Å². The number of urea groups is 1. The second-order valence-corrected chi connectivity index (χ2v) is 10.3. The van der Waals surface area contributed by atoms with Crippen molar-refractivity contribution in [3.8, 4) is 5.75 Å². The zero-order chi connectivity index (χ0) is 24.5. The van der Waals surface area contributed by atoms with Gasteiger partial charge < -0.3 is 4.18 Å². The van der Waals surface area contributed by atoms with Crippen LogP contribution in [-0.4, -0.2) is 26.3 Å². The van der Waals surface area contributed by atoms with Gasteiger partial charge in [0.15, 0.2) is 5.75 Å². The summed E-state index contributed by atoms with van der Waals surface area (Å²) in [7, 11) is -4.23. The number of benzene rings is 3. The van der Waals surface area contributed by atoms with Gasteiger partial charge in [-0.3, -0.25) is 14.9 Å². The quantitative estimate of drug-likeness (QED) is 0.258. The average Bonchev–Trinajstić information content (AvgIpc) is 2.80. The normalized spacial score (nSPS) is 15.4. The monoisotopic (exact) mass is 604 g/mol. The predicted molar refractivity (Wildman–Crippen MR) is 132 cm³/mol. The highest BCUT2D eigenvalue weighted by Gasteiger charge is 2.37. The molecule has 4 rings (SSSR count). The number of nitrogens with zero attached hydrogens (tertiary/aromatic N) is 1. The molecule has 0 saturated carbocycles. The number of imide groups is 2. The van der Waals surface area contributed by atoms with Crippen molar-refractivity contribution in [1.82, 2.24) is 5.32 Å². The third-order valence-corrected chi connectivity index (χ3v) is 6.96. The number of amides is 4. The smallest absolute Gasteiger partial charge is 0.339 e. The lowest BCUT2D eigenvalue weighted by Gasteiger charge is -2.26. The Labute approximate surface area is 211 Å². The summed E-state index contributed by atoms with van der Waals surface area (Å²) in [6.45, 7) is 0. The molecule has 172 valence electrons. The first-order valence-corrected chi connectivity index (χ1v) is 12.6. The van der Waals surface area contributed by atoms with Crippen LogP contribution in [0.4, 0.5) is 10.5 Å². The summed E-state index contributed by atoms with van der Waals surface area (Å²) in [5.41, 5.74) is -0.000944. The number of nitrogens with one attached hydrogen (secondary N) is 1. The number of carbonyl (C=O) groups is 3. The number of rotatable bonds is 5. The fraction of sp³-hybridized carbons (Fsp3) is 0. The SMILES string of the molecule is O=C1NC(=O)N(c2ccccc2)C(=O)/C1=C/c1cc(Br)cc(Br)c1OS(=O)(=O)c1ccccc1. The van der Waals surface area contributed by atoms with Crippen molar-refractivity contribution in [1.29, 1.82) is 0 Å². The van der Waals surface area contributed by atoms with Gasteiger partial charge in [0.2, 0.25) is 0 Å². The fourth-order valence-corrected chi connectivity index (χ4v) is 5.58. The first kappa shape index (κ1) is 23.9. The molecule has 0 aromatic heterocycles. The van der Waals surface area contributed by atoms with Crippen molar-refractivity contribution >= 4 is 71.6 Å². The number of carbonyl (C=O) groups excluding carboxylic acids is 3. The molecule has 0 unspecified atom stereocenters. The third-order valence-electron chi connectivity index (χ3n) is 4.68.